The monoisotopic (exact) mass is 474 g/mol. The van der Waals surface area contributed by atoms with E-state index in [1.165, 1.54) is 30.9 Å². The Balaban J connectivity index is 1.61. The number of aryl methyl sites for hydroxylation is 1. The smallest absolute Gasteiger partial charge is 0.262 e. The second-order valence-corrected chi connectivity index (χ2v) is 8.90. The van der Waals surface area contributed by atoms with Gasteiger partial charge in [-0.25, -0.2) is 8.42 Å². The molecular formula is C23H23ClN2O5S. The van der Waals surface area contributed by atoms with Crippen molar-refractivity contribution in [2.75, 3.05) is 23.8 Å². The Labute approximate surface area is 192 Å². The number of hydrogen-bond donors (Lipinski definition) is 2. The molecule has 0 radical (unpaired) electrons. The Bertz CT molecular complexity index is 1180. The van der Waals surface area contributed by atoms with Crippen LogP contribution in [-0.4, -0.2) is 28.0 Å². The minimum Gasteiger partial charge on any atom is -0.497 e. The molecule has 0 saturated heterocycles. The van der Waals surface area contributed by atoms with Gasteiger partial charge < -0.3 is 14.8 Å². The number of nitrogens with one attached hydrogen (secondary N) is 2. The fourth-order valence-electron chi connectivity index (χ4n) is 2.80. The first kappa shape index (κ1) is 23.4. The molecule has 3 aromatic carbocycles. The van der Waals surface area contributed by atoms with Crippen LogP contribution in [0.15, 0.2) is 71.6 Å². The normalized spacial score (nSPS) is 11.0. The van der Waals surface area contributed by atoms with E-state index in [9.17, 15) is 13.2 Å². The zero-order valence-electron chi connectivity index (χ0n) is 17.6. The molecule has 3 aromatic rings. The van der Waals surface area contributed by atoms with Crippen LogP contribution in [0.3, 0.4) is 0 Å². The summed E-state index contributed by atoms with van der Waals surface area (Å²) in [6.07, 6.45) is 0.914. The highest BCUT2D eigenvalue weighted by molar-refractivity contribution is 7.92. The van der Waals surface area contributed by atoms with Crippen molar-refractivity contribution in [3.05, 3.63) is 77.3 Å². The number of hydrogen-bond acceptors (Lipinski definition) is 5. The molecule has 0 atom stereocenters. The Hall–Kier alpha value is -3.23. The Morgan fingerprint density at radius 2 is 1.62 bits per heavy atom. The van der Waals surface area contributed by atoms with E-state index in [1.54, 1.807) is 24.3 Å². The molecule has 0 saturated carbocycles. The molecule has 2 N–H and O–H groups in total. The maximum absolute atomic E-state index is 12.6. The summed E-state index contributed by atoms with van der Waals surface area (Å²) in [5.41, 5.74) is 2.21. The largest absolute Gasteiger partial charge is 0.497 e. The first-order valence-electron chi connectivity index (χ1n) is 9.78. The molecule has 0 bridgehead atoms. The highest BCUT2D eigenvalue weighted by Gasteiger charge is 2.17. The van der Waals surface area contributed by atoms with Gasteiger partial charge in [-0.15, -0.1) is 0 Å². The number of sulfonamides is 1. The van der Waals surface area contributed by atoms with E-state index in [2.05, 4.69) is 17.0 Å². The van der Waals surface area contributed by atoms with Gasteiger partial charge in [-0.05, 0) is 66.6 Å². The van der Waals surface area contributed by atoms with Crippen LogP contribution in [0.2, 0.25) is 5.02 Å². The van der Waals surface area contributed by atoms with Crippen LogP contribution in [0.1, 0.15) is 12.5 Å². The maximum atomic E-state index is 12.6. The highest BCUT2D eigenvalue weighted by Crippen LogP contribution is 2.28. The molecule has 0 unspecified atom stereocenters. The minimum atomic E-state index is -3.86. The summed E-state index contributed by atoms with van der Waals surface area (Å²) >= 11 is 6.19. The molecule has 0 spiro atoms. The molecule has 1 amide bonds. The zero-order valence-corrected chi connectivity index (χ0v) is 19.2. The molecule has 0 heterocycles. The topological polar surface area (TPSA) is 93.7 Å². The van der Waals surface area contributed by atoms with Crippen molar-refractivity contribution in [3.63, 3.8) is 0 Å². The van der Waals surface area contributed by atoms with Gasteiger partial charge in [-0.3, -0.25) is 9.52 Å². The molecule has 168 valence electrons. The lowest BCUT2D eigenvalue weighted by Gasteiger charge is -2.12. The number of carbonyl (C=O) groups excluding carboxylic acids is 1. The minimum absolute atomic E-state index is 0.0360. The van der Waals surface area contributed by atoms with Crippen LogP contribution in [0.25, 0.3) is 0 Å². The molecule has 0 aliphatic heterocycles. The SMILES string of the molecule is CCc1ccc(NC(=O)COc2ccc(S(=O)(=O)Nc3ccc(OC)cc3)cc2Cl)cc1. The van der Waals surface area contributed by atoms with E-state index in [-0.39, 0.29) is 28.2 Å². The lowest BCUT2D eigenvalue weighted by Crippen LogP contribution is -2.20. The third kappa shape index (κ3) is 6.15. The van der Waals surface area contributed by atoms with Crippen molar-refractivity contribution in [3.8, 4) is 11.5 Å². The predicted octanol–water partition coefficient (Wildman–Crippen LogP) is 4.73. The van der Waals surface area contributed by atoms with Crippen LogP contribution >= 0.6 is 11.6 Å². The molecule has 9 heteroatoms. The Morgan fingerprint density at radius 3 is 2.22 bits per heavy atom. The predicted molar refractivity (Wildman–Crippen MR) is 125 cm³/mol. The highest BCUT2D eigenvalue weighted by atomic mass is 35.5. The number of halogens is 1. The molecule has 0 fully saturated rings. The third-order valence-corrected chi connectivity index (χ3v) is 6.23. The van der Waals surface area contributed by atoms with Gasteiger partial charge in [-0.2, -0.15) is 0 Å². The van der Waals surface area contributed by atoms with Gasteiger partial charge in [-0.1, -0.05) is 30.7 Å². The van der Waals surface area contributed by atoms with E-state index in [1.807, 2.05) is 24.3 Å². The van der Waals surface area contributed by atoms with Gasteiger partial charge in [0.2, 0.25) is 0 Å². The van der Waals surface area contributed by atoms with Crippen molar-refractivity contribution in [2.45, 2.75) is 18.2 Å². The van der Waals surface area contributed by atoms with Gasteiger partial charge in [0.05, 0.1) is 17.0 Å². The van der Waals surface area contributed by atoms with Gasteiger partial charge in [0.1, 0.15) is 11.5 Å². The fourth-order valence-corrected chi connectivity index (χ4v) is 4.19. The molecule has 0 aliphatic carbocycles. The van der Waals surface area contributed by atoms with Crippen molar-refractivity contribution in [1.82, 2.24) is 0 Å². The van der Waals surface area contributed by atoms with Crippen molar-refractivity contribution < 1.29 is 22.7 Å². The van der Waals surface area contributed by atoms with Crippen LogP contribution < -0.4 is 19.5 Å². The number of ether oxygens (including phenoxy) is 2. The average Bonchev–Trinajstić information content (AvgIpc) is 2.79. The zero-order chi connectivity index (χ0) is 23.1. The first-order valence-corrected chi connectivity index (χ1v) is 11.6. The molecular weight excluding hydrogens is 452 g/mol. The summed E-state index contributed by atoms with van der Waals surface area (Å²) in [7, 11) is -2.33. The van der Waals surface area contributed by atoms with Crippen molar-refractivity contribution in [1.29, 1.82) is 0 Å². The van der Waals surface area contributed by atoms with E-state index in [4.69, 9.17) is 21.1 Å². The second kappa shape index (κ2) is 10.4. The number of methoxy groups -OCH3 is 1. The molecule has 0 aromatic heterocycles. The van der Waals surface area contributed by atoms with E-state index in [0.717, 1.165) is 6.42 Å². The Morgan fingerprint density at radius 1 is 0.969 bits per heavy atom. The standard InChI is InChI=1S/C23H23ClN2O5S/c1-3-16-4-6-17(7-5-16)25-23(27)15-31-22-13-12-20(14-21(22)24)32(28,29)26-18-8-10-19(30-2)11-9-18/h4-14,26H,3,15H2,1-2H3,(H,25,27). The summed E-state index contributed by atoms with van der Waals surface area (Å²) in [6.45, 7) is 1.78. The Kier molecular flexibility index (Phi) is 7.61. The van der Waals surface area contributed by atoms with E-state index in [0.29, 0.717) is 17.1 Å². The summed E-state index contributed by atoms with van der Waals surface area (Å²) < 4.78 is 38.2. The first-order chi connectivity index (χ1) is 15.3. The second-order valence-electron chi connectivity index (χ2n) is 6.81. The lowest BCUT2D eigenvalue weighted by molar-refractivity contribution is -0.118. The van der Waals surface area contributed by atoms with Crippen LogP contribution in [0.4, 0.5) is 11.4 Å². The summed E-state index contributed by atoms with van der Waals surface area (Å²) in [4.78, 5) is 12.1. The molecule has 32 heavy (non-hydrogen) atoms. The van der Waals surface area contributed by atoms with Crippen molar-refractivity contribution in [2.24, 2.45) is 0 Å². The van der Waals surface area contributed by atoms with Crippen LogP contribution in [-0.2, 0) is 21.2 Å². The van der Waals surface area contributed by atoms with Gasteiger partial charge in [0.15, 0.2) is 6.61 Å². The summed E-state index contributed by atoms with van der Waals surface area (Å²) in [5, 5.41) is 2.80. The molecule has 0 aliphatic rings. The number of carbonyl (C=O) groups is 1. The number of rotatable bonds is 9. The number of amides is 1. The molecule has 7 nitrogen and oxygen atoms in total. The van der Waals surface area contributed by atoms with Crippen LogP contribution in [0.5, 0.6) is 11.5 Å². The maximum Gasteiger partial charge on any atom is 0.262 e. The van der Waals surface area contributed by atoms with Gasteiger partial charge >= 0.3 is 0 Å². The van der Waals surface area contributed by atoms with Crippen LogP contribution in [0, 0.1) is 0 Å². The molecule has 3 rings (SSSR count). The quantitative estimate of drug-likeness (QED) is 0.467. The van der Waals surface area contributed by atoms with Gasteiger partial charge in [0, 0.05) is 11.4 Å². The summed E-state index contributed by atoms with van der Waals surface area (Å²) in [6, 6.07) is 18.0. The fraction of sp³-hybridized carbons (Fsp3) is 0.174. The average molecular weight is 475 g/mol. The van der Waals surface area contributed by atoms with Gasteiger partial charge in [0.25, 0.3) is 15.9 Å². The van der Waals surface area contributed by atoms with E-state index < -0.39 is 10.0 Å². The third-order valence-electron chi connectivity index (χ3n) is 4.56. The number of anilines is 2. The number of benzene rings is 3. The summed E-state index contributed by atoms with van der Waals surface area (Å²) in [5.74, 6) is 0.453. The van der Waals surface area contributed by atoms with E-state index >= 15 is 0 Å². The lowest BCUT2D eigenvalue weighted by atomic mass is 10.1. The van der Waals surface area contributed by atoms with Crippen molar-refractivity contribution >= 4 is 38.9 Å².